The summed E-state index contributed by atoms with van der Waals surface area (Å²) in [5.41, 5.74) is 1.06. The van der Waals surface area contributed by atoms with E-state index in [1.54, 1.807) is 0 Å². The Balaban J connectivity index is 0.00000200. The predicted molar refractivity (Wildman–Crippen MR) is 82.6 cm³/mol. The number of hydrogen-bond acceptors (Lipinski definition) is 3. The maximum atomic E-state index is 11.7. The Kier molecular flexibility index (Phi) is 7.92. The van der Waals surface area contributed by atoms with Crippen LogP contribution in [-0.4, -0.2) is 38.3 Å². The second-order valence-corrected chi connectivity index (χ2v) is 5.03. The van der Waals surface area contributed by atoms with E-state index in [1.807, 2.05) is 24.3 Å². The van der Waals surface area contributed by atoms with Gasteiger partial charge in [-0.1, -0.05) is 29.8 Å². The number of morpholine rings is 1. The highest BCUT2D eigenvalue weighted by atomic mass is 35.5. The third kappa shape index (κ3) is 5.67. The van der Waals surface area contributed by atoms with Crippen molar-refractivity contribution in [2.24, 2.45) is 0 Å². The number of hydrogen-bond donors (Lipinski definition) is 2. The van der Waals surface area contributed by atoms with E-state index < -0.39 is 0 Å². The Labute approximate surface area is 130 Å². The van der Waals surface area contributed by atoms with Gasteiger partial charge in [-0.05, 0) is 18.1 Å². The average molecular weight is 319 g/mol. The van der Waals surface area contributed by atoms with Crippen molar-refractivity contribution in [3.63, 3.8) is 0 Å². The fourth-order valence-electron chi connectivity index (χ4n) is 2.08. The molecule has 0 saturated carbocycles. The molecule has 1 aliphatic rings. The molecule has 1 saturated heterocycles. The molecule has 1 heterocycles. The first-order chi connectivity index (χ1) is 9.25. The summed E-state index contributed by atoms with van der Waals surface area (Å²) >= 11 is 6.06. The summed E-state index contributed by atoms with van der Waals surface area (Å²) in [6, 6.07) is 7.83. The number of amides is 1. The largest absolute Gasteiger partial charge is 0.378 e. The highest BCUT2D eigenvalue weighted by molar-refractivity contribution is 6.31. The van der Waals surface area contributed by atoms with Gasteiger partial charge < -0.3 is 15.4 Å². The third-order valence-electron chi connectivity index (χ3n) is 3.10. The first kappa shape index (κ1) is 17.2. The highest BCUT2D eigenvalue weighted by Crippen LogP contribution is 2.14. The maximum absolute atomic E-state index is 11.7. The molecule has 2 rings (SSSR count). The second kappa shape index (κ2) is 9.19. The van der Waals surface area contributed by atoms with Gasteiger partial charge in [0, 0.05) is 30.6 Å². The molecule has 2 N–H and O–H groups in total. The lowest BCUT2D eigenvalue weighted by Crippen LogP contribution is -2.44. The standard InChI is InChI=1S/C14H19ClN2O2.ClH/c15-13-4-2-1-3-11(13)5-6-17-14(18)9-12-10-19-8-7-16-12;/h1-4,12,16H,5-10H2,(H,17,18);1H. The van der Waals surface area contributed by atoms with Crippen molar-refractivity contribution in [3.05, 3.63) is 34.9 Å². The van der Waals surface area contributed by atoms with Gasteiger partial charge in [-0.25, -0.2) is 0 Å². The minimum Gasteiger partial charge on any atom is -0.378 e. The van der Waals surface area contributed by atoms with E-state index in [2.05, 4.69) is 10.6 Å². The van der Waals surface area contributed by atoms with E-state index in [9.17, 15) is 4.79 Å². The summed E-state index contributed by atoms with van der Waals surface area (Å²) in [6.45, 7) is 2.76. The molecule has 4 nitrogen and oxygen atoms in total. The molecule has 0 spiro atoms. The smallest absolute Gasteiger partial charge is 0.221 e. The maximum Gasteiger partial charge on any atom is 0.221 e. The second-order valence-electron chi connectivity index (χ2n) is 4.62. The van der Waals surface area contributed by atoms with Crippen molar-refractivity contribution in [1.29, 1.82) is 0 Å². The van der Waals surface area contributed by atoms with E-state index in [0.29, 0.717) is 19.6 Å². The third-order valence-corrected chi connectivity index (χ3v) is 3.47. The molecule has 1 aliphatic heterocycles. The van der Waals surface area contributed by atoms with Gasteiger partial charge >= 0.3 is 0 Å². The summed E-state index contributed by atoms with van der Waals surface area (Å²) in [4.78, 5) is 11.7. The molecule has 1 atom stereocenters. The fourth-order valence-corrected chi connectivity index (χ4v) is 2.31. The lowest BCUT2D eigenvalue weighted by molar-refractivity contribution is -0.122. The lowest BCUT2D eigenvalue weighted by Gasteiger charge is -2.23. The first-order valence-corrected chi connectivity index (χ1v) is 6.95. The van der Waals surface area contributed by atoms with E-state index in [1.165, 1.54) is 0 Å². The van der Waals surface area contributed by atoms with Crippen LogP contribution >= 0.6 is 24.0 Å². The number of halogens is 2. The van der Waals surface area contributed by atoms with Crippen LogP contribution in [0.1, 0.15) is 12.0 Å². The van der Waals surface area contributed by atoms with E-state index >= 15 is 0 Å². The van der Waals surface area contributed by atoms with Gasteiger partial charge in [-0.2, -0.15) is 0 Å². The van der Waals surface area contributed by atoms with Crippen molar-refractivity contribution in [2.75, 3.05) is 26.3 Å². The number of nitrogens with one attached hydrogen (secondary N) is 2. The highest BCUT2D eigenvalue weighted by Gasteiger charge is 2.16. The van der Waals surface area contributed by atoms with Crippen molar-refractivity contribution >= 4 is 29.9 Å². The summed E-state index contributed by atoms with van der Waals surface area (Å²) in [5, 5.41) is 6.92. The van der Waals surface area contributed by atoms with Gasteiger partial charge in [0.05, 0.1) is 13.2 Å². The normalized spacial score (nSPS) is 18.1. The summed E-state index contributed by atoms with van der Waals surface area (Å²) in [5.74, 6) is 0.0510. The molecular formula is C14H20Cl2N2O2. The summed E-state index contributed by atoms with van der Waals surface area (Å²) in [6.07, 6.45) is 1.21. The minimum atomic E-state index is 0. The number of ether oxygens (including phenoxy) is 1. The Morgan fingerprint density at radius 1 is 1.45 bits per heavy atom. The molecule has 20 heavy (non-hydrogen) atoms. The zero-order valence-corrected chi connectivity index (χ0v) is 12.8. The quantitative estimate of drug-likeness (QED) is 0.870. The SMILES string of the molecule is Cl.O=C(CC1COCCN1)NCCc1ccccc1Cl. The van der Waals surface area contributed by atoms with Crippen LogP contribution in [0.4, 0.5) is 0 Å². The lowest BCUT2D eigenvalue weighted by atomic mass is 10.1. The van der Waals surface area contributed by atoms with Crippen LogP contribution in [0.2, 0.25) is 5.02 Å². The van der Waals surface area contributed by atoms with Crippen molar-refractivity contribution in [2.45, 2.75) is 18.9 Å². The van der Waals surface area contributed by atoms with E-state index in [4.69, 9.17) is 16.3 Å². The predicted octanol–water partition coefficient (Wildman–Crippen LogP) is 1.80. The van der Waals surface area contributed by atoms with Gasteiger partial charge in [-0.15, -0.1) is 12.4 Å². The van der Waals surface area contributed by atoms with Crippen molar-refractivity contribution < 1.29 is 9.53 Å². The molecule has 1 unspecified atom stereocenters. The average Bonchev–Trinajstić information content (AvgIpc) is 2.42. The minimum absolute atomic E-state index is 0. The van der Waals surface area contributed by atoms with Crippen LogP contribution in [0.3, 0.4) is 0 Å². The molecule has 112 valence electrons. The van der Waals surface area contributed by atoms with Crippen LogP contribution in [0, 0.1) is 0 Å². The molecule has 1 aromatic rings. The van der Waals surface area contributed by atoms with Gasteiger partial charge in [0.2, 0.25) is 5.91 Å². The Morgan fingerprint density at radius 2 is 2.25 bits per heavy atom. The van der Waals surface area contributed by atoms with E-state index in [-0.39, 0.29) is 24.4 Å². The van der Waals surface area contributed by atoms with Crippen LogP contribution < -0.4 is 10.6 Å². The summed E-state index contributed by atoms with van der Waals surface area (Å²) in [7, 11) is 0. The molecule has 6 heteroatoms. The zero-order valence-electron chi connectivity index (χ0n) is 11.2. The fraction of sp³-hybridized carbons (Fsp3) is 0.500. The molecule has 1 amide bonds. The van der Waals surface area contributed by atoms with Crippen molar-refractivity contribution in [1.82, 2.24) is 10.6 Å². The van der Waals surface area contributed by atoms with Crippen LogP contribution in [-0.2, 0) is 16.0 Å². The van der Waals surface area contributed by atoms with Gasteiger partial charge in [0.25, 0.3) is 0 Å². The molecule has 1 fully saturated rings. The van der Waals surface area contributed by atoms with Crippen LogP contribution in [0.15, 0.2) is 24.3 Å². The Morgan fingerprint density at radius 3 is 2.95 bits per heavy atom. The monoisotopic (exact) mass is 318 g/mol. The Hall–Kier alpha value is -0.810. The van der Waals surface area contributed by atoms with Crippen LogP contribution in [0.5, 0.6) is 0 Å². The zero-order chi connectivity index (χ0) is 13.5. The first-order valence-electron chi connectivity index (χ1n) is 6.57. The number of carbonyl (C=O) groups is 1. The molecule has 0 bridgehead atoms. The molecule has 1 aromatic carbocycles. The Bertz CT molecular complexity index is 423. The van der Waals surface area contributed by atoms with Gasteiger partial charge in [-0.3, -0.25) is 4.79 Å². The molecule has 0 radical (unpaired) electrons. The van der Waals surface area contributed by atoms with E-state index in [0.717, 1.165) is 30.2 Å². The summed E-state index contributed by atoms with van der Waals surface area (Å²) < 4.78 is 5.31. The van der Waals surface area contributed by atoms with Crippen molar-refractivity contribution in [3.8, 4) is 0 Å². The molecule has 0 aliphatic carbocycles. The number of benzene rings is 1. The number of carbonyl (C=O) groups excluding carboxylic acids is 1. The van der Waals surface area contributed by atoms with Gasteiger partial charge in [0.1, 0.15) is 0 Å². The number of rotatable bonds is 5. The topological polar surface area (TPSA) is 50.4 Å². The molecular weight excluding hydrogens is 299 g/mol. The van der Waals surface area contributed by atoms with Gasteiger partial charge in [0.15, 0.2) is 0 Å². The molecule has 0 aromatic heterocycles. The van der Waals surface area contributed by atoms with Crippen LogP contribution in [0.25, 0.3) is 0 Å².